The van der Waals surface area contributed by atoms with Gasteiger partial charge in [0.15, 0.2) is 11.5 Å². The van der Waals surface area contributed by atoms with Crippen molar-refractivity contribution in [3.05, 3.63) is 16.7 Å². The van der Waals surface area contributed by atoms with E-state index in [0.29, 0.717) is 40.6 Å². The summed E-state index contributed by atoms with van der Waals surface area (Å²) >= 11 is 0. The first-order chi connectivity index (χ1) is 14.0. The van der Waals surface area contributed by atoms with Crippen molar-refractivity contribution in [3.8, 4) is 23.0 Å². The summed E-state index contributed by atoms with van der Waals surface area (Å²) in [4.78, 5) is 11.9. The van der Waals surface area contributed by atoms with E-state index in [-0.39, 0.29) is 0 Å². The molecule has 0 fully saturated rings. The summed E-state index contributed by atoms with van der Waals surface area (Å²) in [7, 11) is 6.11. The van der Waals surface area contributed by atoms with E-state index in [1.807, 2.05) is 6.92 Å². The third-order valence-electron chi connectivity index (χ3n) is 5.07. The number of methoxy groups -OCH3 is 4. The summed E-state index contributed by atoms with van der Waals surface area (Å²) in [6.07, 6.45) is 10.1. The topological polar surface area (TPSA) is 74.2 Å². The Morgan fingerprint density at radius 2 is 1.28 bits per heavy atom. The molecule has 1 aromatic carbocycles. The molecule has 0 saturated carbocycles. The summed E-state index contributed by atoms with van der Waals surface area (Å²) in [5, 5.41) is 9.72. The normalized spacial score (nSPS) is 11.3. The number of carbonyl (C=O) groups is 1. The summed E-state index contributed by atoms with van der Waals surface area (Å²) < 4.78 is 22.0. The van der Waals surface area contributed by atoms with Gasteiger partial charge in [-0.3, -0.25) is 0 Å². The van der Waals surface area contributed by atoms with E-state index in [2.05, 4.69) is 6.92 Å². The minimum atomic E-state index is -0.925. The average Bonchev–Trinajstić information content (AvgIpc) is 2.71. The zero-order valence-corrected chi connectivity index (χ0v) is 18.7. The number of carboxylic acid groups (broad SMARTS) is 1. The molecule has 6 nitrogen and oxygen atoms in total. The lowest BCUT2D eigenvalue weighted by atomic mass is 9.98. The predicted octanol–water partition coefficient (Wildman–Crippen LogP) is 5.64. The van der Waals surface area contributed by atoms with Gasteiger partial charge in [0, 0.05) is 16.7 Å². The Morgan fingerprint density at radius 1 is 0.793 bits per heavy atom. The number of rotatable bonds is 14. The second kappa shape index (κ2) is 13.0. The van der Waals surface area contributed by atoms with Crippen LogP contribution in [0.5, 0.6) is 23.0 Å². The number of unbranched alkanes of at least 4 members (excludes halogenated alkanes) is 6. The van der Waals surface area contributed by atoms with E-state index < -0.39 is 5.97 Å². The Hall–Kier alpha value is -2.37. The zero-order chi connectivity index (χ0) is 21.8. The van der Waals surface area contributed by atoms with Crippen LogP contribution in [-0.2, 0) is 4.79 Å². The maximum absolute atomic E-state index is 11.9. The van der Waals surface area contributed by atoms with Gasteiger partial charge in [0.2, 0.25) is 11.5 Å². The fraction of sp³-hybridized carbons (Fsp3) is 0.609. The second-order valence-corrected chi connectivity index (χ2v) is 7.02. The smallest absolute Gasteiger partial charge is 0.331 e. The fourth-order valence-corrected chi connectivity index (χ4v) is 3.47. The first kappa shape index (κ1) is 24.7. The largest absolute Gasteiger partial charge is 0.492 e. The molecule has 0 unspecified atom stereocenters. The Balaban J connectivity index is 3.17. The summed E-state index contributed by atoms with van der Waals surface area (Å²) in [6.45, 7) is 4.05. The highest BCUT2D eigenvalue weighted by Gasteiger charge is 2.25. The van der Waals surface area contributed by atoms with Crippen LogP contribution in [0.15, 0.2) is 5.57 Å². The molecule has 1 rings (SSSR count). The third-order valence-corrected chi connectivity index (χ3v) is 5.07. The van der Waals surface area contributed by atoms with Gasteiger partial charge < -0.3 is 24.1 Å². The van der Waals surface area contributed by atoms with Crippen molar-refractivity contribution in [3.63, 3.8) is 0 Å². The molecule has 0 amide bonds. The van der Waals surface area contributed by atoms with Gasteiger partial charge in [0.25, 0.3) is 0 Å². The number of aliphatic carboxylic acids is 1. The molecule has 164 valence electrons. The van der Waals surface area contributed by atoms with E-state index in [9.17, 15) is 9.90 Å². The van der Waals surface area contributed by atoms with Crippen molar-refractivity contribution in [1.82, 2.24) is 0 Å². The lowest BCUT2D eigenvalue weighted by Crippen LogP contribution is -2.05. The van der Waals surface area contributed by atoms with Crippen LogP contribution in [0.3, 0.4) is 0 Å². The van der Waals surface area contributed by atoms with Crippen LogP contribution in [0.25, 0.3) is 6.08 Å². The molecule has 0 heterocycles. The van der Waals surface area contributed by atoms with Gasteiger partial charge >= 0.3 is 5.97 Å². The highest BCUT2D eigenvalue weighted by atomic mass is 16.5. The van der Waals surface area contributed by atoms with Crippen LogP contribution in [-0.4, -0.2) is 39.5 Å². The van der Waals surface area contributed by atoms with Crippen molar-refractivity contribution in [2.45, 2.75) is 65.2 Å². The summed E-state index contributed by atoms with van der Waals surface area (Å²) in [6, 6.07) is 0. The molecule has 0 aliphatic carbocycles. The van der Waals surface area contributed by atoms with Gasteiger partial charge in [-0.25, -0.2) is 4.79 Å². The third kappa shape index (κ3) is 6.58. The molecule has 0 bridgehead atoms. The van der Waals surface area contributed by atoms with Gasteiger partial charge in [0.1, 0.15) is 0 Å². The molecule has 1 N–H and O–H groups in total. The van der Waals surface area contributed by atoms with Gasteiger partial charge in [-0.15, -0.1) is 0 Å². The van der Waals surface area contributed by atoms with E-state index in [0.717, 1.165) is 24.8 Å². The van der Waals surface area contributed by atoms with Crippen LogP contribution in [0.4, 0.5) is 0 Å². The first-order valence-corrected chi connectivity index (χ1v) is 10.3. The Bertz CT molecular complexity index is 693. The number of ether oxygens (including phenoxy) is 4. The molecular formula is C23H36O6. The van der Waals surface area contributed by atoms with Gasteiger partial charge in [-0.05, 0) is 25.8 Å². The van der Waals surface area contributed by atoms with Crippen molar-refractivity contribution in [2.24, 2.45) is 0 Å². The zero-order valence-electron chi connectivity index (χ0n) is 18.7. The van der Waals surface area contributed by atoms with Crippen LogP contribution < -0.4 is 18.9 Å². The first-order valence-electron chi connectivity index (χ1n) is 10.3. The highest BCUT2D eigenvalue weighted by molar-refractivity contribution is 5.93. The van der Waals surface area contributed by atoms with Gasteiger partial charge in [-0.1, -0.05) is 45.4 Å². The van der Waals surface area contributed by atoms with Crippen molar-refractivity contribution >= 4 is 12.0 Å². The SMILES string of the molecule is CCCCCCCCC/C(=C\c1c(C)c(OC)c(OC)c(OC)c1OC)C(=O)O. The number of hydrogen-bond donors (Lipinski definition) is 1. The van der Waals surface area contributed by atoms with E-state index in [4.69, 9.17) is 18.9 Å². The van der Waals surface area contributed by atoms with E-state index in [1.165, 1.54) is 47.0 Å². The minimum Gasteiger partial charge on any atom is -0.492 e. The van der Waals surface area contributed by atoms with Gasteiger partial charge in [-0.2, -0.15) is 0 Å². The Labute approximate surface area is 174 Å². The molecule has 0 saturated heterocycles. The quantitative estimate of drug-likeness (QED) is 0.317. The monoisotopic (exact) mass is 408 g/mol. The predicted molar refractivity (Wildman–Crippen MR) is 116 cm³/mol. The molecule has 0 aromatic heterocycles. The molecular weight excluding hydrogens is 372 g/mol. The van der Waals surface area contributed by atoms with E-state index in [1.54, 1.807) is 13.2 Å². The molecule has 0 radical (unpaired) electrons. The van der Waals surface area contributed by atoms with E-state index >= 15 is 0 Å². The highest BCUT2D eigenvalue weighted by Crippen LogP contribution is 2.50. The standard InChI is InChI=1S/C23H36O6/c1-7-8-9-10-11-12-13-14-17(23(24)25)15-18-16(2)19(26-3)21(28-5)22(29-6)20(18)27-4/h15H,7-14H2,1-6H3,(H,24,25)/b17-15+. The second-order valence-electron chi connectivity index (χ2n) is 7.02. The van der Waals surface area contributed by atoms with Crippen LogP contribution >= 0.6 is 0 Å². The van der Waals surface area contributed by atoms with Crippen LogP contribution in [0.2, 0.25) is 0 Å². The molecule has 1 aromatic rings. The maximum Gasteiger partial charge on any atom is 0.331 e. The number of benzene rings is 1. The van der Waals surface area contributed by atoms with Crippen molar-refractivity contribution < 1.29 is 28.8 Å². The van der Waals surface area contributed by atoms with Crippen molar-refractivity contribution in [1.29, 1.82) is 0 Å². The van der Waals surface area contributed by atoms with Crippen LogP contribution in [0, 0.1) is 6.92 Å². The maximum atomic E-state index is 11.9. The molecule has 0 spiro atoms. The Kier molecular flexibility index (Phi) is 11.0. The molecule has 0 atom stereocenters. The number of carboxylic acids is 1. The Morgan fingerprint density at radius 3 is 1.76 bits per heavy atom. The summed E-state index contributed by atoms with van der Waals surface area (Å²) in [5.74, 6) is 0.805. The molecule has 0 aliphatic rings. The minimum absolute atomic E-state index is 0.342. The molecule has 0 aliphatic heterocycles. The molecule has 6 heteroatoms. The molecule has 29 heavy (non-hydrogen) atoms. The van der Waals surface area contributed by atoms with Crippen molar-refractivity contribution in [2.75, 3.05) is 28.4 Å². The lowest BCUT2D eigenvalue weighted by Gasteiger charge is -2.20. The summed E-state index contributed by atoms with van der Waals surface area (Å²) in [5.41, 5.74) is 1.71. The average molecular weight is 409 g/mol. The lowest BCUT2D eigenvalue weighted by molar-refractivity contribution is -0.132. The fourth-order valence-electron chi connectivity index (χ4n) is 3.47. The van der Waals surface area contributed by atoms with Gasteiger partial charge in [0.05, 0.1) is 28.4 Å². The number of hydrogen-bond acceptors (Lipinski definition) is 5. The van der Waals surface area contributed by atoms with Crippen LogP contribution in [0.1, 0.15) is 69.4 Å².